The Balaban J connectivity index is 1.73. The molecule has 0 amide bonds. The number of ketones is 1. The summed E-state index contributed by atoms with van der Waals surface area (Å²) >= 11 is 0. The first kappa shape index (κ1) is 19.5. The van der Waals surface area contributed by atoms with Crippen molar-refractivity contribution in [3.05, 3.63) is 52.8 Å². The van der Waals surface area contributed by atoms with Crippen LogP contribution in [0.4, 0.5) is 0 Å². The van der Waals surface area contributed by atoms with Crippen molar-refractivity contribution in [3.63, 3.8) is 0 Å². The third kappa shape index (κ3) is 4.16. The van der Waals surface area contributed by atoms with Crippen molar-refractivity contribution in [3.8, 4) is 11.4 Å². The molecular weight excluding hydrogens is 358 g/mol. The number of carbonyl (C=O) groups excluding carboxylic acids is 2. The number of benzene rings is 1. The predicted octanol–water partition coefficient (Wildman–Crippen LogP) is 2.51. The molecule has 146 valence electrons. The molecule has 1 aromatic carbocycles. The highest BCUT2D eigenvalue weighted by Crippen LogP contribution is 2.18. The van der Waals surface area contributed by atoms with Gasteiger partial charge in [-0.2, -0.15) is 4.80 Å². The number of methoxy groups -OCH3 is 1. The summed E-state index contributed by atoms with van der Waals surface area (Å²) in [6, 6.07) is 9.63. The van der Waals surface area contributed by atoms with Gasteiger partial charge in [0.1, 0.15) is 6.54 Å². The number of aromatic nitrogens is 5. The highest BCUT2D eigenvalue weighted by Gasteiger charge is 2.18. The number of nitrogens with zero attached hydrogens (tertiary/aromatic N) is 5. The van der Waals surface area contributed by atoms with Gasteiger partial charge in [-0.15, -0.1) is 10.2 Å². The smallest absolute Gasteiger partial charge is 0.307 e. The summed E-state index contributed by atoms with van der Waals surface area (Å²) in [6.45, 7) is 6.25. The summed E-state index contributed by atoms with van der Waals surface area (Å²) in [6.07, 6.45) is 0.255. The van der Waals surface area contributed by atoms with Crippen molar-refractivity contribution in [2.24, 2.45) is 0 Å². The van der Waals surface area contributed by atoms with E-state index in [0.29, 0.717) is 17.9 Å². The van der Waals surface area contributed by atoms with E-state index in [0.717, 1.165) is 22.5 Å². The van der Waals surface area contributed by atoms with Crippen LogP contribution in [-0.2, 0) is 22.6 Å². The van der Waals surface area contributed by atoms with Crippen molar-refractivity contribution in [1.82, 2.24) is 24.8 Å². The number of ether oxygens (including phenoxy) is 1. The minimum atomic E-state index is -0.282. The lowest BCUT2D eigenvalue weighted by Crippen LogP contribution is -2.15. The summed E-state index contributed by atoms with van der Waals surface area (Å²) < 4.78 is 6.63. The third-order valence-corrected chi connectivity index (χ3v) is 4.69. The van der Waals surface area contributed by atoms with Crippen LogP contribution >= 0.6 is 0 Å². The van der Waals surface area contributed by atoms with Crippen molar-refractivity contribution < 1.29 is 14.3 Å². The first-order chi connectivity index (χ1) is 13.4. The third-order valence-electron chi connectivity index (χ3n) is 4.69. The van der Waals surface area contributed by atoms with Gasteiger partial charge in [0.05, 0.1) is 13.5 Å². The lowest BCUT2D eigenvalue weighted by molar-refractivity contribution is -0.140. The van der Waals surface area contributed by atoms with Gasteiger partial charge in [-0.3, -0.25) is 9.59 Å². The van der Waals surface area contributed by atoms with E-state index >= 15 is 0 Å². The zero-order chi connectivity index (χ0) is 20.3. The Bertz CT molecular complexity index is 1000. The summed E-state index contributed by atoms with van der Waals surface area (Å²) in [5.74, 6) is 0.0949. The first-order valence-corrected chi connectivity index (χ1v) is 9.00. The summed E-state index contributed by atoms with van der Waals surface area (Å²) in [4.78, 5) is 25.5. The molecule has 28 heavy (non-hydrogen) atoms. The molecule has 0 aliphatic carbocycles. The molecule has 3 rings (SSSR count). The van der Waals surface area contributed by atoms with Crippen molar-refractivity contribution in [2.75, 3.05) is 7.11 Å². The second kappa shape index (κ2) is 8.16. The van der Waals surface area contributed by atoms with E-state index in [-0.39, 0.29) is 24.7 Å². The molecule has 0 atom stereocenters. The normalized spacial score (nSPS) is 10.9. The lowest BCUT2D eigenvalue weighted by atomic mass is 10.1. The van der Waals surface area contributed by atoms with E-state index in [1.165, 1.54) is 11.9 Å². The fourth-order valence-electron chi connectivity index (χ4n) is 3.07. The fourth-order valence-corrected chi connectivity index (χ4v) is 3.07. The standard InChI is InChI=1S/C20H23N5O3/c1-13-5-7-16(8-6-13)20-21-23-25(22-20)12-18(26)17-11-14(2)24(15(17)3)10-9-19(27)28-4/h5-8,11H,9-10,12H2,1-4H3. The molecule has 0 unspecified atom stereocenters. The van der Waals surface area contributed by atoms with Crippen LogP contribution in [0.3, 0.4) is 0 Å². The minimum absolute atomic E-state index is 0.000155. The second-order valence-electron chi connectivity index (χ2n) is 6.70. The van der Waals surface area contributed by atoms with Crippen LogP contribution in [-0.4, -0.2) is 43.6 Å². The maximum Gasteiger partial charge on any atom is 0.307 e. The molecule has 0 spiro atoms. The molecular formula is C20H23N5O3. The molecule has 0 saturated heterocycles. The Morgan fingerprint density at radius 1 is 1.11 bits per heavy atom. The van der Waals surface area contributed by atoms with E-state index in [2.05, 4.69) is 20.1 Å². The van der Waals surface area contributed by atoms with Crippen LogP contribution in [0.15, 0.2) is 30.3 Å². The van der Waals surface area contributed by atoms with Crippen molar-refractivity contribution >= 4 is 11.8 Å². The highest BCUT2D eigenvalue weighted by molar-refractivity contribution is 5.97. The second-order valence-corrected chi connectivity index (χ2v) is 6.70. The average Bonchev–Trinajstić information content (AvgIpc) is 3.25. The zero-order valence-corrected chi connectivity index (χ0v) is 16.5. The topological polar surface area (TPSA) is 91.9 Å². The SMILES string of the molecule is COC(=O)CCn1c(C)cc(C(=O)Cn2nnc(-c3ccc(C)cc3)n2)c1C. The fraction of sp³-hybridized carbons (Fsp3) is 0.350. The van der Waals surface area contributed by atoms with Crippen LogP contribution in [0.25, 0.3) is 11.4 Å². The maximum atomic E-state index is 12.8. The molecule has 0 aliphatic heterocycles. The maximum absolute atomic E-state index is 12.8. The van der Waals surface area contributed by atoms with E-state index in [4.69, 9.17) is 0 Å². The zero-order valence-electron chi connectivity index (χ0n) is 16.5. The number of hydrogen-bond donors (Lipinski definition) is 0. The van der Waals surface area contributed by atoms with Gasteiger partial charge in [-0.05, 0) is 32.1 Å². The van der Waals surface area contributed by atoms with Crippen LogP contribution in [0.5, 0.6) is 0 Å². The molecule has 3 aromatic rings. The molecule has 0 saturated carbocycles. The molecule has 2 heterocycles. The summed E-state index contributed by atoms with van der Waals surface area (Å²) in [5.41, 5.74) is 4.32. The number of tetrazole rings is 1. The Hall–Kier alpha value is -3.29. The van der Waals surface area contributed by atoms with Crippen LogP contribution in [0, 0.1) is 20.8 Å². The molecule has 0 fully saturated rings. The van der Waals surface area contributed by atoms with Gasteiger partial charge in [0, 0.05) is 29.1 Å². The number of aryl methyl sites for hydroxylation is 2. The first-order valence-electron chi connectivity index (χ1n) is 9.00. The van der Waals surface area contributed by atoms with Gasteiger partial charge in [-0.25, -0.2) is 0 Å². The number of carbonyl (C=O) groups is 2. The van der Waals surface area contributed by atoms with Gasteiger partial charge in [-0.1, -0.05) is 29.8 Å². The Kier molecular flexibility index (Phi) is 5.67. The Morgan fingerprint density at radius 2 is 1.82 bits per heavy atom. The van der Waals surface area contributed by atoms with Gasteiger partial charge < -0.3 is 9.30 Å². The van der Waals surface area contributed by atoms with Gasteiger partial charge >= 0.3 is 5.97 Å². The minimum Gasteiger partial charge on any atom is -0.469 e. The number of esters is 1. The van der Waals surface area contributed by atoms with E-state index in [1.54, 1.807) is 0 Å². The number of Topliss-reactive ketones (excluding diaryl/α,β-unsaturated/α-hetero) is 1. The van der Waals surface area contributed by atoms with Crippen LogP contribution in [0.2, 0.25) is 0 Å². The molecule has 0 aliphatic rings. The Morgan fingerprint density at radius 3 is 2.50 bits per heavy atom. The lowest BCUT2D eigenvalue weighted by Gasteiger charge is -2.08. The van der Waals surface area contributed by atoms with Crippen LogP contribution < -0.4 is 0 Å². The number of hydrogen-bond acceptors (Lipinski definition) is 6. The molecule has 0 bridgehead atoms. The molecule has 8 nitrogen and oxygen atoms in total. The van der Waals surface area contributed by atoms with Gasteiger partial charge in [0.2, 0.25) is 5.82 Å². The van der Waals surface area contributed by atoms with Gasteiger partial charge in [0.25, 0.3) is 0 Å². The molecule has 8 heteroatoms. The summed E-state index contributed by atoms with van der Waals surface area (Å²) in [5, 5.41) is 12.3. The van der Waals surface area contributed by atoms with E-state index < -0.39 is 0 Å². The van der Waals surface area contributed by atoms with E-state index in [1.807, 2.05) is 55.7 Å². The van der Waals surface area contributed by atoms with Crippen molar-refractivity contribution in [2.45, 2.75) is 40.3 Å². The number of rotatable bonds is 7. The summed E-state index contributed by atoms with van der Waals surface area (Å²) in [7, 11) is 1.36. The van der Waals surface area contributed by atoms with Gasteiger partial charge in [0.15, 0.2) is 5.78 Å². The van der Waals surface area contributed by atoms with E-state index in [9.17, 15) is 9.59 Å². The molecule has 0 N–H and O–H groups in total. The Labute approximate surface area is 163 Å². The quantitative estimate of drug-likeness (QED) is 0.461. The largest absolute Gasteiger partial charge is 0.469 e. The van der Waals surface area contributed by atoms with Crippen molar-refractivity contribution in [1.29, 1.82) is 0 Å². The van der Waals surface area contributed by atoms with Crippen LogP contribution in [0.1, 0.15) is 33.7 Å². The molecule has 2 aromatic heterocycles. The highest BCUT2D eigenvalue weighted by atomic mass is 16.5. The molecule has 0 radical (unpaired) electrons. The monoisotopic (exact) mass is 381 g/mol. The predicted molar refractivity (Wildman–Crippen MR) is 103 cm³/mol. The average molecular weight is 381 g/mol.